The zero-order valence-electron chi connectivity index (χ0n) is 12.8. The summed E-state index contributed by atoms with van der Waals surface area (Å²) in [4.78, 5) is 14.6. The lowest BCUT2D eigenvalue weighted by molar-refractivity contribution is 0.270. The van der Waals surface area contributed by atoms with E-state index >= 15 is 0 Å². The predicted molar refractivity (Wildman–Crippen MR) is 91.3 cm³/mol. The van der Waals surface area contributed by atoms with Gasteiger partial charge in [-0.05, 0) is 18.7 Å². The third kappa shape index (κ3) is 3.34. The first-order chi connectivity index (χ1) is 10.8. The van der Waals surface area contributed by atoms with Crippen LogP contribution in [0.1, 0.15) is 6.92 Å². The van der Waals surface area contributed by atoms with Crippen LogP contribution >= 0.6 is 11.8 Å². The van der Waals surface area contributed by atoms with E-state index in [0.29, 0.717) is 5.69 Å². The van der Waals surface area contributed by atoms with Crippen molar-refractivity contribution < 1.29 is 0 Å². The van der Waals surface area contributed by atoms with E-state index in [-0.39, 0.29) is 0 Å². The second-order valence-electron chi connectivity index (χ2n) is 5.25. The van der Waals surface area contributed by atoms with Crippen molar-refractivity contribution >= 4 is 23.3 Å². The molecule has 22 heavy (non-hydrogen) atoms. The van der Waals surface area contributed by atoms with Crippen molar-refractivity contribution in [1.29, 1.82) is 0 Å². The summed E-state index contributed by atoms with van der Waals surface area (Å²) in [5.74, 6) is 0.865. The molecular formula is C16H21N5S. The van der Waals surface area contributed by atoms with Crippen molar-refractivity contribution in [3.8, 4) is 0 Å². The van der Waals surface area contributed by atoms with E-state index in [1.807, 2.05) is 18.2 Å². The number of piperazine rings is 1. The van der Waals surface area contributed by atoms with Gasteiger partial charge in [0.25, 0.3) is 0 Å². The van der Waals surface area contributed by atoms with Crippen molar-refractivity contribution in [2.24, 2.45) is 0 Å². The second-order valence-corrected chi connectivity index (χ2v) is 6.31. The molecule has 1 fully saturated rings. The second kappa shape index (κ2) is 6.98. The number of aromatic nitrogens is 2. The summed E-state index contributed by atoms with van der Waals surface area (Å²) < 4.78 is 0. The monoisotopic (exact) mass is 315 g/mol. The number of nitrogens with zero attached hydrogens (tertiary/aromatic N) is 4. The molecule has 1 aromatic carbocycles. The van der Waals surface area contributed by atoms with Gasteiger partial charge in [-0.1, -0.05) is 36.9 Å². The Morgan fingerprint density at radius 2 is 1.82 bits per heavy atom. The van der Waals surface area contributed by atoms with E-state index in [1.54, 1.807) is 18.1 Å². The minimum Gasteiger partial charge on any atom is -0.394 e. The van der Waals surface area contributed by atoms with E-state index in [2.05, 4.69) is 38.8 Å². The highest BCUT2D eigenvalue weighted by Gasteiger charge is 2.20. The van der Waals surface area contributed by atoms with Crippen LogP contribution < -0.4 is 10.6 Å². The van der Waals surface area contributed by atoms with Crippen LogP contribution in [0.25, 0.3) is 0 Å². The minimum atomic E-state index is 0.682. The summed E-state index contributed by atoms with van der Waals surface area (Å²) in [6, 6.07) is 10.2. The lowest BCUT2D eigenvalue weighted by Gasteiger charge is -2.35. The number of rotatable bonds is 4. The van der Waals surface area contributed by atoms with E-state index in [9.17, 15) is 0 Å². The Morgan fingerprint density at radius 3 is 2.50 bits per heavy atom. The predicted octanol–water partition coefficient (Wildman–Crippen LogP) is 2.35. The van der Waals surface area contributed by atoms with Crippen molar-refractivity contribution in [3.05, 3.63) is 36.7 Å². The standard InChI is InChI=1S/C16H21N5S/c1-2-20-8-10-21(11-9-20)15-14(17)16(19-12-18-15)22-13-6-4-3-5-7-13/h3-7,12H,2,8-11,17H2,1H3. The molecular weight excluding hydrogens is 294 g/mol. The SMILES string of the molecule is CCN1CCN(c2ncnc(Sc3ccccc3)c2N)CC1. The number of nitrogen functional groups attached to an aromatic ring is 1. The fraction of sp³-hybridized carbons (Fsp3) is 0.375. The summed E-state index contributed by atoms with van der Waals surface area (Å²) in [5.41, 5.74) is 7.01. The molecule has 5 nitrogen and oxygen atoms in total. The van der Waals surface area contributed by atoms with Crippen LogP contribution in [0.15, 0.2) is 46.6 Å². The summed E-state index contributed by atoms with van der Waals surface area (Å²) in [6.07, 6.45) is 1.61. The van der Waals surface area contributed by atoms with Gasteiger partial charge in [-0.2, -0.15) is 0 Å². The number of anilines is 2. The van der Waals surface area contributed by atoms with Crippen LogP contribution in [0.3, 0.4) is 0 Å². The maximum atomic E-state index is 6.33. The Balaban J connectivity index is 1.77. The topological polar surface area (TPSA) is 58.3 Å². The van der Waals surface area contributed by atoms with E-state index < -0.39 is 0 Å². The molecule has 2 heterocycles. The maximum absolute atomic E-state index is 6.33. The molecule has 0 spiro atoms. The first kappa shape index (κ1) is 15.1. The fourth-order valence-corrected chi connectivity index (χ4v) is 3.40. The highest BCUT2D eigenvalue weighted by atomic mass is 32.2. The molecule has 2 aromatic rings. The van der Waals surface area contributed by atoms with Crippen LogP contribution in [0.4, 0.5) is 11.5 Å². The highest BCUT2D eigenvalue weighted by molar-refractivity contribution is 7.99. The fourth-order valence-electron chi connectivity index (χ4n) is 2.58. The molecule has 1 aliphatic heterocycles. The summed E-state index contributed by atoms with van der Waals surface area (Å²) in [6.45, 7) is 7.34. The molecule has 2 N–H and O–H groups in total. The molecule has 0 unspecified atom stereocenters. The lowest BCUT2D eigenvalue weighted by atomic mass is 10.3. The van der Waals surface area contributed by atoms with Crippen LogP contribution in [-0.2, 0) is 0 Å². The molecule has 6 heteroatoms. The molecule has 0 saturated carbocycles. The van der Waals surface area contributed by atoms with Crippen molar-refractivity contribution in [3.63, 3.8) is 0 Å². The first-order valence-electron chi connectivity index (χ1n) is 7.58. The maximum Gasteiger partial charge on any atom is 0.156 e. The van der Waals surface area contributed by atoms with Crippen molar-refractivity contribution in [2.45, 2.75) is 16.8 Å². The van der Waals surface area contributed by atoms with Gasteiger partial charge < -0.3 is 15.5 Å². The van der Waals surface area contributed by atoms with Crippen molar-refractivity contribution in [1.82, 2.24) is 14.9 Å². The number of nitrogens with two attached hydrogens (primary N) is 1. The quantitative estimate of drug-likeness (QED) is 0.874. The highest BCUT2D eigenvalue weighted by Crippen LogP contribution is 2.34. The molecule has 0 radical (unpaired) electrons. The molecule has 0 bridgehead atoms. The molecule has 1 aliphatic rings. The van der Waals surface area contributed by atoms with Crippen LogP contribution in [0.5, 0.6) is 0 Å². The molecule has 1 aromatic heterocycles. The van der Waals surface area contributed by atoms with Gasteiger partial charge in [0.05, 0.1) is 0 Å². The van der Waals surface area contributed by atoms with Gasteiger partial charge in [0, 0.05) is 31.1 Å². The summed E-state index contributed by atoms with van der Waals surface area (Å²) >= 11 is 1.58. The Kier molecular flexibility index (Phi) is 4.80. The van der Waals surface area contributed by atoms with Gasteiger partial charge in [0.2, 0.25) is 0 Å². The smallest absolute Gasteiger partial charge is 0.156 e. The van der Waals surface area contributed by atoms with E-state index in [0.717, 1.165) is 48.5 Å². The van der Waals surface area contributed by atoms with E-state index in [4.69, 9.17) is 5.73 Å². The molecule has 0 amide bonds. The van der Waals surface area contributed by atoms with Gasteiger partial charge in [0.1, 0.15) is 17.0 Å². The van der Waals surface area contributed by atoms with Gasteiger partial charge in [-0.15, -0.1) is 0 Å². The molecule has 0 aliphatic carbocycles. The van der Waals surface area contributed by atoms with Gasteiger partial charge in [-0.25, -0.2) is 9.97 Å². The largest absolute Gasteiger partial charge is 0.394 e. The third-order valence-electron chi connectivity index (χ3n) is 3.90. The lowest BCUT2D eigenvalue weighted by Crippen LogP contribution is -2.46. The Morgan fingerprint density at radius 1 is 1.09 bits per heavy atom. The number of benzene rings is 1. The van der Waals surface area contributed by atoms with Crippen molar-refractivity contribution in [2.75, 3.05) is 43.4 Å². The number of hydrogen-bond acceptors (Lipinski definition) is 6. The molecule has 3 rings (SSSR count). The van der Waals surface area contributed by atoms with Crippen LogP contribution in [-0.4, -0.2) is 47.6 Å². The number of hydrogen-bond donors (Lipinski definition) is 1. The molecule has 116 valence electrons. The van der Waals surface area contributed by atoms with Gasteiger partial charge in [-0.3, -0.25) is 0 Å². The Labute approximate surface area is 135 Å². The van der Waals surface area contributed by atoms with Crippen LogP contribution in [0, 0.1) is 0 Å². The molecule has 0 atom stereocenters. The normalized spacial score (nSPS) is 16.0. The first-order valence-corrected chi connectivity index (χ1v) is 8.40. The minimum absolute atomic E-state index is 0.682. The zero-order chi connectivity index (χ0) is 15.4. The number of likely N-dealkylation sites (N-methyl/N-ethyl adjacent to an activating group) is 1. The Bertz CT molecular complexity index is 611. The Hall–Kier alpha value is -1.79. The average molecular weight is 315 g/mol. The molecule has 1 saturated heterocycles. The average Bonchev–Trinajstić information content (AvgIpc) is 2.58. The summed E-state index contributed by atoms with van der Waals surface area (Å²) in [5, 5.41) is 0.828. The zero-order valence-corrected chi connectivity index (χ0v) is 13.6. The van der Waals surface area contributed by atoms with Gasteiger partial charge >= 0.3 is 0 Å². The van der Waals surface area contributed by atoms with Crippen LogP contribution in [0.2, 0.25) is 0 Å². The third-order valence-corrected chi connectivity index (χ3v) is 4.93. The van der Waals surface area contributed by atoms with E-state index in [1.165, 1.54) is 0 Å². The summed E-state index contributed by atoms with van der Waals surface area (Å²) in [7, 11) is 0. The van der Waals surface area contributed by atoms with Gasteiger partial charge in [0.15, 0.2) is 5.82 Å².